The molecule has 34 heavy (non-hydrogen) atoms. The van der Waals surface area contributed by atoms with Crippen LogP contribution in [0, 0.1) is 0 Å². The fraction of sp³-hybridized carbons (Fsp3) is 0.690. The molecule has 0 fully saturated rings. The number of ether oxygens (including phenoxy) is 1. The first-order valence-electron chi connectivity index (χ1n) is 14.0. The van der Waals surface area contributed by atoms with Crippen LogP contribution in [-0.2, 0) is 4.74 Å². The zero-order valence-electron chi connectivity index (χ0n) is 22.8. The van der Waals surface area contributed by atoms with Crippen LogP contribution in [0.1, 0.15) is 89.4 Å². The molecule has 1 aliphatic heterocycles. The minimum absolute atomic E-state index is 0.163. The van der Waals surface area contributed by atoms with Crippen molar-refractivity contribution in [1.82, 2.24) is 4.90 Å². The van der Waals surface area contributed by atoms with Crippen molar-refractivity contribution in [2.75, 3.05) is 33.4 Å². The van der Waals surface area contributed by atoms with Crippen molar-refractivity contribution in [1.29, 1.82) is 0 Å². The molecule has 0 N–H and O–H groups in total. The van der Waals surface area contributed by atoms with Gasteiger partial charge in [0.05, 0.1) is 0 Å². The first-order valence-corrected chi connectivity index (χ1v) is 21.5. The Kier molecular flexibility index (Phi) is 13.0. The van der Waals surface area contributed by atoms with E-state index in [4.69, 9.17) is 4.74 Å². The van der Waals surface area contributed by atoms with Crippen LogP contribution in [0.3, 0.4) is 0 Å². The van der Waals surface area contributed by atoms with E-state index in [2.05, 4.69) is 63.3 Å². The Morgan fingerprint density at radius 2 is 1.65 bits per heavy atom. The summed E-state index contributed by atoms with van der Waals surface area (Å²) in [4.78, 5) is 14.9. The summed E-state index contributed by atoms with van der Waals surface area (Å²) in [6, 6.07) is 8.62. The maximum atomic E-state index is 12.4. The molecule has 0 amide bonds. The Bertz CT molecular complexity index is 758. The molecule has 1 heterocycles. The van der Waals surface area contributed by atoms with Crippen molar-refractivity contribution in [3.05, 3.63) is 42.2 Å². The van der Waals surface area contributed by atoms with Crippen molar-refractivity contribution in [3.8, 4) is 0 Å². The molecule has 4 nitrogen and oxygen atoms in total. The first kappa shape index (κ1) is 29.2. The van der Waals surface area contributed by atoms with E-state index in [1.807, 2.05) is 13.0 Å². The average Bonchev–Trinajstić information content (AvgIpc) is 3.24. The van der Waals surface area contributed by atoms with Gasteiger partial charge >= 0.3 is 215 Å². The third kappa shape index (κ3) is 8.89. The van der Waals surface area contributed by atoms with Gasteiger partial charge in [-0.2, -0.15) is 0 Å². The van der Waals surface area contributed by atoms with Gasteiger partial charge in [0.1, 0.15) is 0 Å². The number of hydrogen-bond donors (Lipinski definition) is 0. The second-order valence-electron chi connectivity index (χ2n) is 10.5. The normalized spacial score (nSPS) is 18.0. The number of benzene rings is 1. The Morgan fingerprint density at radius 1 is 0.971 bits per heavy atom. The minimum atomic E-state index is -2.59. The van der Waals surface area contributed by atoms with E-state index in [9.17, 15) is 4.79 Å². The quantitative estimate of drug-likeness (QED) is 0.0873. The molecule has 192 valence electrons. The summed E-state index contributed by atoms with van der Waals surface area (Å²) in [5.41, 5.74) is 0.754. The van der Waals surface area contributed by atoms with Crippen molar-refractivity contribution in [2.45, 2.75) is 92.4 Å². The summed E-state index contributed by atoms with van der Waals surface area (Å²) in [5, 5.41) is 0. The Hall–Kier alpha value is -1.01. The summed E-state index contributed by atoms with van der Waals surface area (Å²) in [7, 11) is 2.31. The van der Waals surface area contributed by atoms with E-state index in [-0.39, 0.29) is 5.97 Å². The van der Waals surface area contributed by atoms with Crippen LogP contribution in [0.4, 0.5) is 0 Å². The zero-order valence-corrected chi connectivity index (χ0v) is 25.6. The van der Waals surface area contributed by atoms with Gasteiger partial charge in [-0.1, -0.05) is 0 Å². The number of unbranched alkanes of at least 4 members (excludes halogenated alkanes) is 5. The first-order chi connectivity index (χ1) is 16.4. The molecule has 1 unspecified atom stereocenters. The van der Waals surface area contributed by atoms with Gasteiger partial charge in [0.2, 0.25) is 0 Å². The van der Waals surface area contributed by atoms with E-state index < -0.39 is 18.4 Å². The summed E-state index contributed by atoms with van der Waals surface area (Å²) >= 11 is -2.59. The maximum absolute atomic E-state index is 12.4. The number of carbonyl (C=O) groups excluding carboxylic acids is 1. The third-order valence-electron chi connectivity index (χ3n) is 7.72. The van der Waals surface area contributed by atoms with Crippen molar-refractivity contribution in [2.24, 2.45) is 0 Å². The number of rotatable bonds is 17. The molecule has 1 aromatic rings. The van der Waals surface area contributed by atoms with E-state index in [1.165, 1.54) is 71.2 Å². The number of esters is 1. The number of carbonyl (C=O) groups is 1. The fourth-order valence-corrected chi connectivity index (χ4v) is 21.0. The summed E-state index contributed by atoms with van der Waals surface area (Å²) < 4.78 is 12.2. The van der Waals surface area contributed by atoms with E-state index in [0.29, 0.717) is 6.61 Å². The monoisotopic (exact) mass is 579 g/mol. The van der Waals surface area contributed by atoms with Crippen LogP contribution >= 0.6 is 0 Å². The summed E-state index contributed by atoms with van der Waals surface area (Å²) in [6.07, 6.45) is 15.1. The molecule has 0 spiro atoms. The Labute approximate surface area is 214 Å². The molecule has 0 saturated heterocycles. The van der Waals surface area contributed by atoms with Crippen molar-refractivity contribution >= 4 is 27.9 Å². The second-order valence-corrected chi connectivity index (χ2v) is 23.7. The van der Waals surface area contributed by atoms with Gasteiger partial charge in [0.15, 0.2) is 0 Å². The molecule has 1 aromatic carbocycles. The van der Waals surface area contributed by atoms with Crippen molar-refractivity contribution < 1.29 is 14.0 Å². The van der Waals surface area contributed by atoms with Crippen LogP contribution in [0.2, 0.25) is 13.3 Å². The standard InChI is InChI=1S/C12H24N2.C9H9O2.2C4H9.Sn/c1-4-6-7-8-9-13-10-11-14(3,5-2)12-13;1-2-11-9(10)8-6-4-3-5-7-8;2*1-3-4-2;/h10-11H,1,4-9,12H2,2-3H3;3-4,6-7H,2H2,1H3;2*1,3-4H2,2H3;/q+1;;;;. The topological polar surface area (TPSA) is 29.5 Å². The number of nitrogens with zero attached hydrogens (tertiary/aromatic N) is 2. The van der Waals surface area contributed by atoms with Gasteiger partial charge in [0, 0.05) is 0 Å². The molecule has 0 aliphatic carbocycles. The summed E-state index contributed by atoms with van der Waals surface area (Å²) in [5.74, 6) is -0.163. The van der Waals surface area contributed by atoms with Gasteiger partial charge in [0.25, 0.3) is 0 Å². The molecule has 0 aromatic heterocycles. The number of hydrogen-bond acceptors (Lipinski definition) is 3. The van der Waals surface area contributed by atoms with E-state index in [0.717, 1.165) is 23.3 Å². The Balaban J connectivity index is 1.99. The zero-order chi connectivity index (χ0) is 24.9. The molecule has 2 rings (SSSR count). The molecule has 0 bridgehead atoms. The van der Waals surface area contributed by atoms with Gasteiger partial charge in [-0.25, -0.2) is 0 Å². The average molecular weight is 578 g/mol. The van der Waals surface area contributed by atoms with Crippen LogP contribution in [0.5, 0.6) is 0 Å². The molecule has 1 aliphatic rings. The fourth-order valence-electron chi connectivity index (χ4n) is 5.28. The molecular formula is C29H51N2O2Sn+. The second kappa shape index (κ2) is 15.2. The molecular weight excluding hydrogens is 527 g/mol. The van der Waals surface area contributed by atoms with Gasteiger partial charge < -0.3 is 0 Å². The third-order valence-corrected chi connectivity index (χ3v) is 23.3. The van der Waals surface area contributed by atoms with Gasteiger partial charge in [-0.3, -0.25) is 0 Å². The molecule has 1 atom stereocenters. The van der Waals surface area contributed by atoms with Gasteiger partial charge in [-0.15, -0.1) is 0 Å². The predicted octanol–water partition coefficient (Wildman–Crippen LogP) is 6.89. The molecule has 5 heteroatoms. The van der Waals surface area contributed by atoms with E-state index >= 15 is 0 Å². The molecule has 0 saturated carbocycles. The SMILES string of the molecule is CCC[CH2][Sn]([CH2]CCC)([CH2]CCCCCN1C=C[N+](C)(CC)C1)[c]1cccc(C(=O)OCC)c1. The van der Waals surface area contributed by atoms with Crippen LogP contribution < -0.4 is 3.58 Å². The number of quaternary nitrogens is 1. The molecule has 0 radical (unpaired) electrons. The van der Waals surface area contributed by atoms with Crippen LogP contribution in [0.25, 0.3) is 0 Å². The summed E-state index contributed by atoms with van der Waals surface area (Å²) in [6.45, 7) is 12.7. The van der Waals surface area contributed by atoms with Crippen molar-refractivity contribution in [3.63, 3.8) is 0 Å². The van der Waals surface area contributed by atoms with E-state index in [1.54, 1.807) is 3.58 Å². The Morgan fingerprint density at radius 3 is 2.26 bits per heavy atom. The van der Waals surface area contributed by atoms with Gasteiger partial charge in [-0.05, 0) is 0 Å². The predicted molar refractivity (Wildman–Crippen MR) is 148 cm³/mol. The van der Waals surface area contributed by atoms with Crippen LogP contribution in [-0.4, -0.2) is 67.1 Å². The van der Waals surface area contributed by atoms with Crippen LogP contribution in [0.15, 0.2) is 36.7 Å².